The van der Waals surface area contributed by atoms with Gasteiger partial charge in [-0.2, -0.15) is 0 Å². The van der Waals surface area contributed by atoms with E-state index in [1.165, 1.54) is 18.6 Å². The molecule has 0 spiro atoms. The van der Waals surface area contributed by atoms with Gasteiger partial charge in [0.1, 0.15) is 11.7 Å². The molecule has 12 heteroatoms. The van der Waals surface area contributed by atoms with Gasteiger partial charge < -0.3 is 30.7 Å². The first-order valence-corrected chi connectivity index (χ1v) is 12.0. The van der Waals surface area contributed by atoms with E-state index in [0.29, 0.717) is 32.6 Å². The highest BCUT2D eigenvalue weighted by Crippen LogP contribution is 2.11. The van der Waals surface area contributed by atoms with Crippen molar-refractivity contribution in [2.24, 2.45) is 5.92 Å². The molecular weight excluding hydrogens is 465 g/mol. The van der Waals surface area contributed by atoms with Crippen LogP contribution in [0.2, 0.25) is 0 Å². The zero-order chi connectivity index (χ0) is 25.8. The van der Waals surface area contributed by atoms with Crippen LogP contribution in [-0.2, 0) is 20.7 Å². The van der Waals surface area contributed by atoms with Gasteiger partial charge in [0, 0.05) is 31.5 Å². The maximum atomic E-state index is 13.1. The normalized spacial score (nSPS) is 16.6. The van der Waals surface area contributed by atoms with Crippen molar-refractivity contribution >= 4 is 24.8 Å². The lowest BCUT2D eigenvalue weighted by molar-refractivity contribution is -0.128. The van der Waals surface area contributed by atoms with Crippen LogP contribution in [0.15, 0.2) is 48.9 Å². The Kier molecular flexibility index (Phi) is 10.8. The number of nitrogens with zero attached hydrogens (tertiary/aromatic N) is 2. The summed E-state index contributed by atoms with van der Waals surface area (Å²) in [4.78, 5) is 46.0. The van der Waals surface area contributed by atoms with E-state index in [2.05, 4.69) is 25.9 Å². The highest BCUT2D eigenvalue weighted by atomic mass is 16.5. The molecule has 0 bridgehead atoms. The van der Waals surface area contributed by atoms with E-state index in [4.69, 9.17) is 4.74 Å². The van der Waals surface area contributed by atoms with Crippen molar-refractivity contribution in [3.8, 4) is 0 Å². The molecule has 1 aliphatic heterocycles. The molecule has 36 heavy (non-hydrogen) atoms. The van der Waals surface area contributed by atoms with Crippen LogP contribution >= 0.6 is 0 Å². The fourth-order valence-corrected chi connectivity index (χ4v) is 3.87. The molecule has 1 aliphatic rings. The number of aryl methyl sites for hydroxylation is 1. The standard InChI is InChI=1S/C24H32BN5O6/c31-22(28-14-18-9-12-36-16-18)13-19(29-24(33)20-15-26-10-11-27-20)23(32)30-21(25(34)35)8-4-7-17-5-2-1-3-6-17/h1-3,5-6,10-11,15,18-19,21,34-35H,4,7-9,12-14,16H2,(H,28,31)(H,29,33)(H,30,32)/t18-,19+,21-/m0/s1. The van der Waals surface area contributed by atoms with Crippen LogP contribution in [-0.4, -0.2) is 76.6 Å². The van der Waals surface area contributed by atoms with Crippen LogP contribution in [0, 0.1) is 5.92 Å². The van der Waals surface area contributed by atoms with Gasteiger partial charge in [-0.3, -0.25) is 19.4 Å². The molecule has 3 amide bonds. The number of hydrogen-bond donors (Lipinski definition) is 5. The molecule has 0 radical (unpaired) electrons. The molecule has 192 valence electrons. The van der Waals surface area contributed by atoms with E-state index in [9.17, 15) is 24.4 Å². The molecule has 0 unspecified atom stereocenters. The number of amides is 3. The Balaban J connectivity index is 1.60. The third-order valence-electron chi connectivity index (χ3n) is 5.93. The average molecular weight is 497 g/mol. The zero-order valence-electron chi connectivity index (χ0n) is 20.0. The highest BCUT2D eigenvalue weighted by Gasteiger charge is 2.31. The van der Waals surface area contributed by atoms with Crippen molar-refractivity contribution in [1.29, 1.82) is 0 Å². The van der Waals surface area contributed by atoms with Crippen LogP contribution in [0.1, 0.15) is 41.7 Å². The Bertz CT molecular complexity index is 975. The summed E-state index contributed by atoms with van der Waals surface area (Å²) in [6.45, 7) is 1.62. The number of nitrogens with one attached hydrogen (secondary N) is 3. The maximum absolute atomic E-state index is 13.1. The van der Waals surface area contributed by atoms with Crippen molar-refractivity contribution in [3.63, 3.8) is 0 Å². The van der Waals surface area contributed by atoms with Gasteiger partial charge in [0.05, 0.1) is 25.2 Å². The third kappa shape index (κ3) is 9.02. The van der Waals surface area contributed by atoms with Crippen LogP contribution in [0.3, 0.4) is 0 Å². The molecular formula is C24H32BN5O6. The van der Waals surface area contributed by atoms with Gasteiger partial charge >= 0.3 is 7.12 Å². The van der Waals surface area contributed by atoms with Gasteiger partial charge in [0.15, 0.2) is 0 Å². The Labute approximate surface area is 210 Å². The molecule has 1 saturated heterocycles. The van der Waals surface area contributed by atoms with Crippen molar-refractivity contribution in [3.05, 3.63) is 60.2 Å². The Morgan fingerprint density at radius 3 is 2.61 bits per heavy atom. The largest absolute Gasteiger partial charge is 0.475 e. The molecule has 1 fully saturated rings. The van der Waals surface area contributed by atoms with Gasteiger partial charge in [-0.1, -0.05) is 30.3 Å². The molecule has 1 aromatic heterocycles. The van der Waals surface area contributed by atoms with Gasteiger partial charge in [-0.05, 0) is 31.2 Å². The summed E-state index contributed by atoms with van der Waals surface area (Å²) in [7, 11) is -1.81. The van der Waals surface area contributed by atoms with Gasteiger partial charge in [-0.25, -0.2) is 4.98 Å². The first-order valence-electron chi connectivity index (χ1n) is 12.0. The van der Waals surface area contributed by atoms with Crippen molar-refractivity contribution in [1.82, 2.24) is 25.9 Å². The lowest BCUT2D eigenvalue weighted by Gasteiger charge is -2.23. The van der Waals surface area contributed by atoms with E-state index >= 15 is 0 Å². The second-order valence-corrected chi connectivity index (χ2v) is 8.76. The quantitative estimate of drug-likeness (QED) is 0.234. The minimum absolute atomic E-state index is 0.0135. The predicted molar refractivity (Wildman–Crippen MR) is 131 cm³/mol. The van der Waals surface area contributed by atoms with Crippen molar-refractivity contribution in [2.75, 3.05) is 19.8 Å². The second-order valence-electron chi connectivity index (χ2n) is 8.76. The van der Waals surface area contributed by atoms with Crippen molar-refractivity contribution in [2.45, 2.75) is 44.1 Å². The second kappa shape index (κ2) is 14.3. The van der Waals surface area contributed by atoms with E-state index in [0.717, 1.165) is 12.0 Å². The number of hydrogen-bond acceptors (Lipinski definition) is 8. The van der Waals surface area contributed by atoms with E-state index in [1.54, 1.807) is 0 Å². The summed E-state index contributed by atoms with van der Waals surface area (Å²) in [6, 6.07) is 8.44. The summed E-state index contributed by atoms with van der Waals surface area (Å²) < 4.78 is 5.30. The van der Waals surface area contributed by atoms with Crippen LogP contribution < -0.4 is 16.0 Å². The summed E-state index contributed by atoms with van der Waals surface area (Å²) >= 11 is 0. The van der Waals surface area contributed by atoms with E-state index in [-0.39, 0.29) is 24.5 Å². The molecule has 5 N–H and O–H groups in total. The molecule has 1 aromatic carbocycles. The maximum Gasteiger partial charge on any atom is 0.475 e. The topological polar surface area (TPSA) is 163 Å². The molecule has 2 aromatic rings. The van der Waals surface area contributed by atoms with Crippen molar-refractivity contribution < 1.29 is 29.2 Å². The minimum atomic E-state index is -1.81. The van der Waals surface area contributed by atoms with Gasteiger partial charge in [0.2, 0.25) is 11.8 Å². The van der Waals surface area contributed by atoms with Gasteiger partial charge in [0.25, 0.3) is 5.91 Å². The average Bonchev–Trinajstić information content (AvgIpc) is 3.41. The number of aromatic nitrogens is 2. The Hall–Kier alpha value is -3.35. The number of benzene rings is 1. The summed E-state index contributed by atoms with van der Waals surface area (Å²) in [5.41, 5.74) is 1.08. The summed E-state index contributed by atoms with van der Waals surface area (Å²) in [6.07, 6.45) is 6.07. The molecule has 11 nitrogen and oxygen atoms in total. The summed E-state index contributed by atoms with van der Waals surface area (Å²) in [5.74, 6) is -2.58. The fourth-order valence-electron chi connectivity index (χ4n) is 3.87. The molecule has 3 rings (SSSR count). The Morgan fingerprint density at radius 2 is 1.94 bits per heavy atom. The monoisotopic (exact) mass is 497 g/mol. The fraction of sp³-hybridized carbons (Fsp3) is 0.458. The van der Waals surface area contributed by atoms with Crippen LogP contribution in [0.5, 0.6) is 0 Å². The minimum Gasteiger partial charge on any atom is -0.426 e. The van der Waals surface area contributed by atoms with E-state index < -0.39 is 36.8 Å². The smallest absolute Gasteiger partial charge is 0.426 e. The van der Waals surface area contributed by atoms with Gasteiger partial charge in [-0.15, -0.1) is 0 Å². The molecule has 0 saturated carbocycles. The lowest BCUT2D eigenvalue weighted by Crippen LogP contribution is -2.55. The van der Waals surface area contributed by atoms with Crippen LogP contribution in [0.25, 0.3) is 0 Å². The number of carbonyl (C=O) groups excluding carboxylic acids is 3. The third-order valence-corrected chi connectivity index (χ3v) is 5.93. The number of ether oxygens (including phenoxy) is 1. The Morgan fingerprint density at radius 1 is 1.14 bits per heavy atom. The highest BCUT2D eigenvalue weighted by molar-refractivity contribution is 6.43. The molecule has 3 atom stereocenters. The molecule has 0 aliphatic carbocycles. The molecule has 2 heterocycles. The van der Waals surface area contributed by atoms with Crippen LogP contribution in [0.4, 0.5) is 0 Å². The number of carbonyl (C=O) groups is 3. The SMILES string of the molecule is O=C(C[C@@H](NC(=O)c1cnccn1)C(=O)N[C@@H](CCCc1ccccc1)B(O)O)NC[C@@H]1CCOC1. The first kappa shape index (κ1) is 27.2. The summed E-state index contributed by atoms with van der Waals surface area (Å²) in [5, 5.41) is 27.5. The predicted octanol–water partition coefficient (Wildman–Crippen LogP) is -0.362. The lowest BCUT2D eigenvalue weighted by atomic mass is 9.76. The van der Waals surface area contributed by atoms with E-state index in [1.807, 2.05) is 30.3 Å². The zero-order valence-corrected chi connectivity index (χ0v) is 20.0. The first-order chi connectivity index (χ1) is 17.4. The number of rotatable bonds is 13.